The highest BCUT2D eigenvalue weighted by atomic mass is 32.1. The number of carbonyl (C=O) groups is 1. The summed E-state index contributed by atoms with van der Waals surface area (Å²) in [4.78, 5) is 11.5. The molecule has 0 spiro atoms. The zero-order valence-corrected chi connectivity index (χ0v) is 10.9. The molecule has 17 heavy (non-hydrogen) atoms. The molecule has 1 unspecified atom stereocenters. The summed E-state index contributed by atoms with van der Waals surface area (Å²) in [6.45, 7) is 2.48. The minimum Gasteiger partial charge on any atom is -0.492 e. The first kappa shape index (κ1) is 13.6. The number of nitrogen functional groups attached to an aromatic ring is 1. The Hall–Kier alpha value is -1.47. The van der Waals surface area contributed by atoms with E-state index >= 15 is 0 Å². The van der Waals surface area contributed by atoms with Crippen molar-refractivity contribution in [2.75, 3.05) is 31.9 Å². The first-order chi connectivity index (χ1) is 8.01. The van der Waals surface area contributed by atoms with Crippen molar-refractivity contribution < 1.29 is 14.3 Å². The lowest BCUT2D eigenvalue weighted by Gasteiger charge is -2.13. The first-order valence-corrected chi connectivity index (χ1v) is 5.84. The number of primary amides is 1. The van der Waals surface area contributed by atoms with Crippen LogP contribution >= 0.6 is 11.3 Å². The average molecular weight is 259 g/mol. The highest BCUT2D eigenvalue weighted by Gasteiger charge is 2.20. The predicted octanol–water partition coefficient (Wildman–Crippen LogP) is 0.885. The van der Waals surface area contributed by atoms with Gasteiger partial charge in [-0.2, -0.15) is 0 Å². The number of hydrogen-bond acceptors (Lipinski definition) is 6. The number of hydrogen-bond donors (Lipinski definition) is 3. The Labute approximate surface area is 104 Å². The molecule has 7 heteroatoms. The smallest absolute Gasteiger partial charge is 0.261 e. The number of nitrogens with one attached hydrogen (secondary N) is 1. The molecule has 0 aromatic carbocycles. The lowest BCUT2D eigenvalue weighted by atomic mass is 10.3. The van der Waals surface area contributed by atoms with Gasteiger partial charge in [-0.25, -0.2) is 0 Å². The van der Waals surface area contributed by atoms with Gasteiger partial charge in [0.2, 0.25) is 0 Å². The summed E-state index contributed by atoms with van der Waals surface area (Å²) in [5, 5.41) is 3.84. The quantitative estimate of drug-likeness (QED) is 0.704. The van der Waals surface area contributed by atoms with E-state index in [2.05, 4.69) is 5.32 Å². The maximum atomic E-state index is 11.2. The number of carbonyl (C=O) groups excluding carboxylic acids is 1. The Morgan fingerprint density at radius 1 is 1.53 bits per heavy atom. The molecular formula is C10H17N3O3S. The van der Waals surface area contributed by atoms with Gasteiger partial charge >= 0.3 is 0 Å². The van der Waals surface area contributed by atoms with Gasteiger partial charge in [0.25, 0.3) is 5.91 Å². The van der Waals surface area contributed by atoms with Crippen LogP contribution in [0.4, 0.5) is 10.7 Å². The standard InChI is InChI=1S/C10H17N3O3S/c1-5(4-15-2)13-10-7(16-3)6(11)8(17-10)9(12)14/h5,13H,4,11H2,1-3H3,(H2,12,14). The van der Waals surface area contributed by atoms with Gasteiger partial charge in [0, 0.05) is 13.2 Å². The SMILES string of the molecule is COCC(C)Nc1sc(C(N)=O)c(N)c1OC. The fraction of sp³-hybridized carbons (Fsp3) is 0.500. The second-order valence-corrected chi connectivity index (χ2v) is 4.59. The number of methoxy groups -OCH3 is 2. The van der Waals surface area contributed by atoms with Crippen molar-refractivity contribution >= 4 is 27.9 Å². The van der Waals surface area contributed by atoms with Crippen molar-refractivity contribution in [2.45, 2.75) is 13.0 Å². The molecule has 1 heterocycles. The monoisotopic (exact) mass is 259 g/mol. The normalized spacial score (nSPS) is 12.2. The zero-order valence-electron chi connectivity index (χ0n) is 10.1. The van der Waals surface area contributed by atoms with Crippen LogP contribution in [0.5, 0.6) is 5.75 Å². The van der Waals surface area contributed by atoms with E-state index in [1.165, 1.54) is 18.4 Å². The largest absolute Gasteiger partial charge is 0.492 e. The Morgan fingerprint density at radius 3 is 2.65 bits per heavy atom. The van der Waals surface area contributed by atoms with Gasteiger partial charge in [0.15, 0.2) is 5.75 Å². The van der Waals surface area contributed by atoms with Crippen LogP contribution in [0.15, 0.2) is 0 Å². The molecule has 5 N–H and O–H groups in total. The molecule has 1 aromatic rings. The maximum Gasteiger partial charge on any atom is 0.261 e. The van der Waals surface area contributed by atoms with Crippen LogP contribution in [-0.4, -0.2) is 32.8 Å². The molecule has 96 valence electrons. The minimum atomic E-state index is -0.557. The Kier molecular flexibility index (Phi) is 4.59. The third-order valence-electron chi connectivity index (χ3n) is 2.12. The molecular weight excluding hydrogens is 242 g/mol. The van der Waals surface area contributed by atoms with E-state index < -0.39 is 5.91 Å². The second kappa shape index (κ2) is 5.74. The zero-order chi connectivity index (χ0) is 13.0. The summed E-state index contributed by atoms with van der Waals surface area (Å²) in [5.74, 6) is -0.106. The highest BCUT2D eigenvalue weighted by Crippen LogP contribution is 2.42. The maximum absolute atomic E-state index is 11.2. The Balaban J connectivity index is 2.98. The van der Waals surface area contributed by atoms with Crippen molar-refractivity contribution in [1.29, 1.82) is 0 Å². The fourth-order valence-electron chi connectivity index (χ4n) is 1.42. The first-order valence-electron chi connectivity index (χ1n) is 5.02. The molecule has 1 amide bonds. The van der Waals surface area contributed by atoms with Crippen LogP contribution in [-0.2, 0) is 4.74 Å². The summed E-state index contributed by atoms with van der Waals surface area (Å²) in [7, 11) is 3.11. The number of ether oxygens (including phenoxy) is 2. The lowest BCUT2D eigenvalue weighted by molar-refractivity contribution is 0.100. The van der Waals surface area contributed by atoms with Crippen molar-refractivity contribution in [1.82, 2.24) is 0 Å². The van der Waals surface area contributed by atoms with E-state index in [0.29, 0.717) is 22.2 Å². The van der Waals surface area contributed by atoms with E-state index in [4.69, 9.17) is 20.9 Å². The Morgan fingerprint density at radius 2 is 2.18 bits per heavy atom. The third kappa shape index (κ3) is 3.01. The van der Waals surface area contributed by atoms with Crippen LogP contribution in [0.2, 0.25) is 0 Å². The van der Waals surface area contributed by atoms with Crippen LogP contribution in [0.25, 0.3) is 0 Å². The number of anilines is 2. The summed E-state index contributed by atoms with van der Waals surface area (Å²) in [5.41, 5.74) is 11.3. The van der Waals surface area contributed by atoms with Crippen molar-refractivity contribution in [3.05, 3.63) is 4.88 Å². The van der Waals surface area contributed by atoms with Crippen molar-refractivity contribution in [3.63, 3.8) is 0 Å². The van der Waals surface area contributed by atoms with Crippen molar-refractivity contribution in [2.24, 2.45) is 5.73 Å². The van der Waals surface area contributed by atoms with E-state index in [9.17, 15) is 4.79 Å². The lowest BCUT2D eigenvalue weighted by Crippen LogP contribution is -2.20. The Bertz CT molecular complexity index is 406. The molecule has 1 aromatic heterocycles. The van der Waals surface area contributed by atoms with E-state index in [1.54, 1.807) is 7.11 Å². The minimum absolute atomic E-state index is 0.0766. The fourth-order valence-corrected chi connectivity index (χ4v) is 2.48. The van der Waals surface area contributed by atoms with Crippen LogP contribution in [0, 0.1) is 0 Å². The molecule has 0 aliphatic rings. The van der Waals surface area contributed by atoms with Gasteiger partial charge in [0.1, 0.15) is 15.6 Å². The molecule has 1 atom stereocenters. The molecule has 0 saturated heterocycles. The van der Waals surface area contributed by atoms with E-state index in [1.807, 2.05) is 6.92 Å². The van der Waals surface area contributed by atoms with E-state index in [0.717, 1.165) is 0 Å². The number of nitrogens with two attached hydrogens (primary N) is 2. The molecule has 0 aliphatic carbocycles. The van der Waals surface area contributed by atoms with Gasteiger partial charge < -0.3 is 26.3 Å². The number of rotatable bonds is 6. The predicted molar refractivity (Wildman–Crippen MR) is 68.8 cm³/mol. The van der Waals surface area contributed by atoms with Gasteiger partial charge in [-0.3, -0.25) is 4.79 Å². The second-order valence-electron chi connectivity index (χ2n) is 3.57. The van der Waals surface area contributed by atoms with Crippen LogP contribution in [0.1, 0.15) is 16.6 Å². The van der Waals surface area contributed by atoms with E-state index in [-0.39, 0.29) is 11.7 Å². The number of thiophene rings is 1. The highest BCUT2D eigenvalue weighted by molar-refractivity contribution is 7.19. The topological polar surface area (TPSA) is 99.6 Å². The van der Waals surface area contributed by atoms with Gasteiger partial charge in [-0.05, 0) is 6.92 Å². The van der Waals surface area contributed by atoms with Crippen LogP contribution < -0.4 is 21.5 Å². The summed E-state index contributed by atoms with van der Waals surface area (Å²) < 4.78 is 10.2. The number of amides is 1. The molecule has 0 fully saturated rings. The van der Waals surface area contributed by atoms with Gasteiger partial charge in [-0.1, -0.05) is 0 Å². The van der Waals surface area contributed by atoms with Gasteiger partial charge in [0.05, 0.1) is 13.7 Å². The molecule has 0 bridgehead atoms. The molecule has 0 aliphatic heterocycles. The molecule has 0 radical (unpaired) electrons. The van der Waals surface area contributed by atoms with Crippen molar-refractivity contribution in [3.8, 4) is 5.75 Å². The third-order valence-corrected chi connectivity index (χ3v) is 3.25. The molecule has 6 nitrogen and oxygen atoms in total. The summed E-state index contributed by atoms with van der Waals surface area (Å²) in [6, 6.07) is 0.0766. The average Bonchev–Trinajstić information content (AvgIpc) is 2.55. The summed E-state index contributed by atoms with van der Waals surface area (Å²) >= 11 is 1.18. The molecule has 0 saturated carbocycles. The molecule has 1 rings (SSSR count). The summed E-state index contributed by atoms with van der Waals surface area (Å²) in [6.07, 6.45) is 0. The van der Waals surface area contributed by atoms with Crippen LogP contribution in [0.3, 0.4) is 0 Å². The van der Waals surface area contributed by atoms with Gasteiger partial charge in [-0.15, -0.1) is 11.3 Å².